The van der Waals surface area contributed by atoms with Crippen LogP contribution < -0.4 is 0 Å². The minimum absolute atomic E-state index is 0.628. The SMILES string of the molecule is CO[C@H]1C[C@@H]2CC[C@H]1C2. The molecule has 1 heteroatoms. The Hall–Kier alpha value is -0.0400. The first-order chi connectivity index (χ1) is 4.40. The Kier molecular flexibility index (Phi) is 1.26. The Balaban J connectivity index is 2.01. The molecule has 0 radical (unpaired) electrons. The van der Waals surface area contributed by atoms with Crippen LogP contribution in [0.5, 0.6) is 0 Å². The van der Waals surface area contributed by atoms with Crippen molar-refractivity contribution in [3.8, 4) is 0 Å². The van der Waals surface area contributed by atoms with E-state index in [0.29, 0.717) is 6.10 Å². The average Bonchev–Trinajstić information content (AvgIpc) is 2.45. The molecule has 0 unspecified atom stereocenters. The fourth-order valence-corrected chi connectivity index (χ4v) is 2.48. The first kappa shape index (κ1) is 5.72. The quantitative estimate of drug-likeness (QED) is 0.520. The van der Waals surface area contributed by atoms with Crippen molar-refractivity contribution in [2.45, 2.75) is 31.8 Å². The van der Waals surface area contributed by atoms with Gasteiger partial charge in [-0.2, -0.15) is 0 Å². The summed E-state index contributed by atoms with van der Waals surface area (Å²) in [6.07, 6.45) is 6.34. The van der Waals surface area contributed by atoms with Crippen LogP contribution in [0.4, 0.5) is 0 Å². The lowest BCUT2D eigenvalue weighted by Crippen LogP contribution is -2.18. The summed E-state index contributed by atoms with van der Waals surface area (Å²) in [5.41, 5.74) is 0. The fraction of sp³-hybridized carbons (Fsp3) is 1.00. The van der Waals surface area contributed by atoms with Crippen molar-refractivity contribution in [2.24, 2.45) is 11.8 Å². The van der Waals surface area contributed by atoms with Crippen molar-refractivity contribution < 1.29 is 4.74 Å². The molecule has 0 aromatic carbocycles. The van der Waals surface area contributed by atoms with Gasteiger partial charge in [-0.3, -0.25) is 0 Å². The highest BCUT2D eigenvalue weighted by molar-refractivity contribution is 4.90. The average molecular weight is 126 g/mol. The van der Waals surface area contributed by atoms with E-state index in [4.69, 9.17) is 4.74 Å². The first-order valence-electron chi connectivity index (χ1n) is 3.93. The number of hydrogen-bond donors (Lipinski definition) is 0. The van der Waals surface area contributed by atoms with Crippen LogP contribution in [0.2, 0.25) is 0 Å². The molecule has 9 heavy (non-hydrogen) atoms. The summed E-state index contributed by atoms with van der Waals surface area (Å²) in [4.78, 5) is 0. The standard InChI is InChI=1S/C8H14O/c1-9-8-5-6-2-3-7(8)4-6/h6-8H,2-5H2,1H3/t6-,7+,8+/m1/s1. The van der Waals surface area contributed by atoms with Crippen molar-refractivity contribution in [3.05, 3.63) is 0 Å². The third kappa shape index (κ3) is 0.787. The molecule has 0 aromatic rings. The summed E-state index contributed by atoms with van der Waals surface area (Å²) >= 11 is 0. The summed E-state index contributed by atoms with van der Waals surface area (Å²) in [6.45, 7) is 0. The molecule has 2 rings (SSSR count). The van der Waals surface area contributed by atoms with Gasteiger partial charge in [0.2, 0.25) is 0 Å². The Morgan fingerprint density at radius 1 is 1.22 bits per heavy atom. The molecule has 0 aliphatic heterocycles. The van der Waals surface area contributed by atoms with Crippen LogP contribution in [-0.2, 0) is 4.74 Å². The van der Waals surface area contributed by atoms with Gasteiger partial charge in [-0.05, 0) is 37.5 Å². The van der Waals surface area contributed by atoms with Crippen molar-refractivity contribution in [1.82, 2.24) is 0 Å². The summed E-state index contributed by atoms with van der Waals surface area (Å²) in [5, 5.41) is 0. The number of fused-ring (bicyclic) bond motifs is 2. The Bertz CT molecular complexity index is 111. The minimum atomic E-state index is 0.628. The van der Waals surface area contributed by atoms with E-state index in [9.17, 15) is 0 Å². The molecule has 2 aliphatic carbocycles. The molecule has 0 amide bonds. The van der Waals surface area contributed by atoms with E-state index in [1.165, 1.54) is 25.7 Å². The van der Waals surface area contributed by atoms with Crippen LogP contribution in [0, 0.1) is 11.8 Å². The van der Waals surface area contributed by atoms with Crippen LogP contribution in [-0.4, -0.2) is 13.2 Å². The summed E-state index contributed by atoms with van der Waals surface area (Å²) < 4.78 is 5.35. The van der Waals surface area contributed by atoms with Crippen LogP contribution in [0.3, 0.4) is 0 Å². The van der Waals surface area contributed by atoms with Gasteiger partial charge in [0.25, 0.3) is 0 Å². The van der Waals surface area contributed by atoms with Gasteiger partial charge in [0.1, 0.15) is 0 Å². The van der Waals surface area contributed by atoms with Crippen molar-refractivity contribution in [2.75, 3.05) is 7.11 Å². The molecule has 0 saturated heterocycles. The molecule has 2 fully saturated rings. The van der Waals surface area contributed by atoms with E-state index >= 15 is 0 Å². The highest BCUT2D eigenvalue weighted by Gasteiger charge is 2.39. The highest BCUT2D eigenvalue weighted by Crippen LogP contribution is 2.45. The van der Waals surface area contributed by atoms with E-state index in [-0.39, 0.29) is 0 Å². The van der Waals surface area contributed by atoms with E-state index in [0.717, 1.165) is 11.8 Å². The third-order valence-electron chi connectivity index (χ3n) is 2.98. The lowest BCUT2D eigenvalue weighted by Gasteiger charge is -2.19. The van der Waals surface area contributed by atoms with Crippen molar-refractivity contribution in [3.63, 3.8) is 0 Å². The third-order valence-corrected chi connectivity index (χ3v) is 2.98. The summed E-state index contributed by atoms with van der Waals surface area (Å²) in [6, 6.07) is 0. The number of ether oxygens (including phenoxy) is 1. The first-order valence-corrected chi connectivity index (χ1v) is 3.93. The molecule has 1 nitrogen and oxygen atoms in total. The second kappa shape index (κ2) is 1.98. The number of hydrogen-bond acceptors (Lipinski definition) is 1. The van der Waals surface area contributed by atoms with Gasteiger partial charge < -0.3 is 4.74 Å². The molecule has 52 valence electrons. The molecular formula is C8H14O. The molecule has 0 aromatic heterocycles. The van der Waals surface area contributed by atoms with Gasteiger partial charge in [0.05, 0.1) is 6.10 Å². The molecule has 2 aliphatic rings. The topological polar surface area (TPSA) is 9.23 Å². The van der Waals surface area contributed by atoms with Crippen LogP contribution >= 0.6 is 0 Å². The zero-order valence-corrected chi connectivity index (χ0v) is 5.97. The normalized spacial score (nSPS) is 48.3. The Morgan fingerprint density at radius 3 is 2.44 bits per heavy atom. The van der Waals surface area contributed by atoms with Gasteiger partial charge in [-0.1, -0.05) is 0 Å². The van der Waals surface area contributed by atoms with E-state index in [1.807, 2.05) is 7.11 Å². The maximum atomic E-state index is 5.35. The van der Waals surface area contributed by atoms with Gasteiger partial charge in [0.15, 0.2) is 0 Å². The van der Waals surface area contributed by atoms with Crippen LogP contribution in [0.25, 0.3) is 0 Å². The second-order valence-electron chi connectivity index (χ2n) is 3.45. The zero-order valence-electron chi connectivity index (χ0n) is 5.97. The van der Waals surface area contributed by atoms with E-state index < -0.39 is 0 Å². The monoisotopic (exact) mass is 126 g/mol. The predicted octanol–water partition coefficient (Wildman–Crippen LogP) is 1.82. The van der Waals surface area contributed by atoms with Gasteiger partial charge >= 0.3 is 0 Å². The largest absolute Gasteiger partial charge is 0.381 e. The number of rotatable bonds is 1. The molecule has 0 heterocycles. The molecule has 2 saturated carbocycles. The second-order valence-corrected chi connectivity index (χ2v) is 3.45. The molecule has 0 N–H and O–H groups in total. The van der Waals surface area contributed by atoms with E-state index in [1.54, 1.807) is 0 Å². The van der Waals surface area contributed by atoms with Crippen molar-refractivity contribution >= 4 is 0 Å². The maximum Gasteiger partial charge on any atom is 0.0602 e. The van der Waals surface area contributed by atoms with E-state index in [2.05, 4.69) is 0 Å². The zero-order chi connectivity index (χ0) is 6.27. The lowest BCUT2D eigenvalue weighted by atomic mass is 9.98. The predicted molar refractivity (Wildman–Crippen MR) is 36.2 cm³/mol. The van der Waals surface area contributed by atoms with Gasteiger partial charge in [-0.15, -0.1) is 0 Å². The fourth-order valence-electron chi connectivity index (χ4n) is 2.48. The number of methoxy groups -OCH3 is 1. The molecule has 2 bridgehead atoms. The van der Waals surface area contributed by atoms with Crippen LogP contribution in [0.15, 0.2) is 0 Å². The van der Waals surface area contributed by atoms with Crippen molar-refractivity contribution in [1.29, 1.82) is 0 Å². The molecule has 3 atom stereocenters. The lowest BCUT2D eigenvalue weighted by molar-refractivity contribution is 0.0572. The minimum Gasteiger partial charge on any atom is -0.381 e. The van der Waals surface area contributed by atoms with Gasteiger partial charge in [-0.25, -0.2) is 0 Å². The molecular weight excluding hydrogens is 112 g/mol. The van der Waals surface area contributed by atoms with Crippen LogP contribution in [0.1, 0.15) is 25.7 Å². The van der Waals surface area contributed by atoms with Gasteiger partial charge in [0, 0.05) is 7.11 Å². The molecule has 0 spiro atoms. The maximum absolute atomic E-state index is 5.35. The Morgan fingerprint density at radius 2 is 2.11 bits per heavy atom. The smallest absolute Gasteiger partial charge is 0.0602 e. The summed E-state index contributed by atoms with van der Waals surface area (Å²) in [7, 11) is 1.85. The highest BCUT2D eigenvalue weighted by atomic mass is 16.5. The Labute approximate surface area is 56.4 Å². The summed E-state index contributed by atoms with van der Waals surface area (Å²) in [5.74, 6) is 1.96.